The first-order chi connectivity index (χ1) is 10.7. The molecule has 0 bridgehead atoms. The van der Waals surface area contributed by atoms with Crippen LogP contribution in [0.3, 0.4) is 0 Å². The summed E-state index contributed by atoms with van der Waals surface area (Å²) in [5.41, 5.74) is 1.41. The number of hydrogen-bond donors (Lipinski definition) is 1. The van der Waals surface area contributed by atoms with E-state index in [1.54, 1.807) is 50.6 Å². The minimum atomic E-state index is -0.291. The Hall–Kier alpha value is -2.95. The molecule has 0 spiro atoms. The summed E-state index contributed by atoms with van der Waals surface area (Å²) in [4.78, 5) is 12.1. The molecule has 0 atom stereocenters. The van der Waals surface area contributed by atoms with Gasteiger partial charge in [-0.25, -0.2) is 0 Å². The summed E-state index contributed by atoms with van der Waals surface area (Å²) >= 11 is 0. The molecule has 0 unspecified atom stereocenters. The summed E-state index contributed by atoms with van der Waals surface area (Å²) in [6.45, 7) is 0. The lowest BCUT2D eigenvalue weighted by Gasteiger charge is -2.19. The number of rotatable bonds is 3. The van der Waals surface area contributed by atoms with Crippen LogP contribution in [-0.4, -0.2) is 20.1 Å². The van der Waals surface area contributed by atoms with Crippen molar-refractivity contribution in [3.8, 4) is 17.2 Å². The van der Waals surface area contributed by atoms with E-state index in [0.717, 1.165) is 5.56 Å². The molecular formula is C17H15NO4. The highest BCUT2D eigenvalue weighted by Crippen LogP contribution is 2.31. The minimum absolute atomic E-state index is 0.217. The highest BCUT2D eigenvalue weighted by Gasteiger charge is 2.21. The zero-order valence-corrected chi connectivity index (χ0v) is 12.3. The second-order valence-electron chi connectivity index (χ2n) is 4.71. The van der Waals surface area contributed by atoms with Gasteiger partial charge in [-0.2, -0.15) is 0 Å². The molecule has 2 aromatic carbocycles. The van der Waals surface area contributed by atoms with Crippen LogP contribution in [0.1, 0.15) is 5.56 Å². The molecule has 0 fully saturated rings. The number of carbonyl (C=O) groups is 1. The molecule has 0 saturated carbocycles. The fourth-order valence-corrected chi connectivity index (χ4v) is 2.17. The molecule has 2 aromatic rings. The van der Waals surface area contributed by atoms with E-state index in [0.29, 0.717) is 22.9 Å². The van der Waals surface area contributed by atoms with Gasteiger partial charge in [-0.05, 0) is 35.9 Å². The van der Waals surface area contributed by atoms with Crippen molar-refractivity contribution < 1.29 is 19.0 Å². The Morgan fingerprint density at radius 3 is 2.41 bits per heavy atom. The number of anilines is 1. The molecule has 0 saturated heterocycles. The lowest BCUT2D eigenvalue weighted by molar-refractivity contribution is -0.115. The number of carbonyl (C=O) groups excluding carboxylic acids is 1. The summed E-state index contributed by atoms with van der Waals surface area (Å²) < 4.78 is 16.1. The van der Waals surface area contributed by atoms with E-state index in [2.05, 4.69) is 5.32 Å². The zero-order chi connectivity index (χ0) is 15.5. The van der Waals surface area contributed by atoms with Gasteiger partial charge in [0, 0.05) is 6.07 Å². The van der Waals surface area contributed by atoms with Crippen LogP contribution in [0.15, 0.2) is 48.2 Å². The summed E-state index contributed by atoms with van der Waals surface area (Å²) in [7, 11) is 3.15. The van der Waals surface area contributed by atoms with E-state index >= 15 is 0 Å². The molecular weight excluding hydrogens is 282 g/mol. The molecule has 1 N–H and O–H groups in total. The maximum absolute atomic E-state index is 12.1. The molecule has 22 heavy (non-hydrogen) atoms. The van der Waals surface area contributed by atoms with E-state index in [4.69, 9.17) is 14.2 Å². The predicted octanol–water partition coefficient (Wildman–Crippen LogP) is 3.08. The number of fused-ring (bicyclic) bond motifs is 1. The van der Waals surface area contributed by atoms with Crippen molar-refractivity contribution in [2.75, 3.05) is 19.5 Å². The van der Waals surface area contributed by atoms with Gasteiger partial charge in [0.25, 0.3) is 5.91 Å². The molecule has 5 heteroatoms. The van der Waals surface area contributed by atoms with Gasteiger partial charge in [0.05, 0.1) is 19.9 Å². The fourth-order valence-electron chi connectivity index (χ4n) is 2.17. The molecule has 3 rings (SSSR count). The summed E-state index contributed by atoms with van der Waals surface area (Å²) in [6, 6.07) is 12.6. The van der Waals surface area contributed by atoms with Gasteiger partial charge in [0.2, 0.25) is 0 Å². The van der Waals surface area contributed by atoms with Crippen molar-refractivity contribution in [2.45, 2.75) is 0 Å². The third kappa shape index (κ3) is 2.74. The second kappa shape index (κ2) is 5.81. The van der Waals surface area contributed by atoms with Gasteiger partial charge in [0.15, 0.2) is 11.5 Å². The van der Waals surface area contributed by atoms with Crippen LogP contribution >= 0.6 is 0 Å². The smallest absolute Gasteiger partial charge is 0.291 e. The Morgan fingerprint density at radius 2 is 1.73 bits per heavy atom. The van der Waals surface area contributed by atoms with E-state index in [9.17, 15) is 4.79 Å². The van der Waals surface area contributed by atoms with Crippen molar-refractivity contribution in [1.29, 1.82) is 0 Å². The first-order valence-electron chi connectivity index (χ1n) is 6.72. The monoisotopic (exact) mass is 297 g/mol. The molecule has 0 aromatic heterocycles. The maximum atomic E-state index is 12.1. The lowest BCUT2D eigenvalue weighted by Crippen LogP contribution is -2.23. The van der Waals surface area contributed by atoms with Crippen molar-refractivity contribution in [3.05, 3.63) is 53.8 Å². The highest BCUT2D eigenvalue weighted by molar-refractivity contribution is 6.08. The van der Waals surface area contributed by atoms with Crippen LogP contribution in [0.5, 0.6) is 17.2 Å². The first kappa shape index (κ1) is 14.0. The quantitative estimate of drug-likeness (QED) is 0.885. The SMILES string of the molecule is COc1cc(/C=C2/Oc3ccccc3NC2=O)cc(OC)c1. The summed E-state index contributed by atoms with van der Waals surface area (Å²) in [6.07, 6.45) is 1.65. The molecule has 0 aliphatic carbocycles. The van der Waals surface area contributed by atoms with Gasteiger partial charge in [0.1, 0.15) is 11.5 Å². The number of hydrogen-bond acceptors (Lipinski definition) is 4. The van der Waals surface area contributed by atoms with Crippen LogP contribution in [0.4, 0.5) is 5.69 Å². The van der Waals surface area contributed by atoms with Gasteiger partial charge < -0.3 is 19.5 Å². The van der Waals surface area contributed by atoms with Crippen molar-refractivity contribution in [2.24, 2.45) is 0 Å². The van der Waals surface area contributed by atoms with Crippen LogP contribution in [0.25, 0.3) is 6.08 Å². The normalized spacial score (nSPS) is 14.8. The Kier molecular flexibility index (Phi) is 3.70. The Morgan fingerprint density at radius 1 is 1.05 bits per heavy atom. The minimum Gasteiger partial charge on any atom is -0.497 e. The topological polar surface area (TPSA) is 56.8 Å². The van der Waals surface area contributed by atoms with Crippen LogP contribution < -0.4 is 19.5 Å². The molecule has 0 radical (unpaired) electrons. The van der Waals surface area contributed by atoms with E-state index in [-0.39, 0.29) is 11.7 Å². The van der Waals surface area contributed by atoms with Gasteiger partial charge in [-0.15, -0.1) is 0 Å². The largest absolute Gasteiger partial charge is 0.497 e. The Bertz CT molecular complexity index is 730. The average molecular weight is 297 g/mol. The second-order valence-corrected chi connectivity index (χ2v) is 4.71. The van der Waals surface area contributed by atoms with Gasteiger partial charge in [-0.3, -0.25) is 4.79 Å². The predicted molar refractivity (Wildman–Crippen MR) is 83.2 cm³/mol. The Balaban J connectivity index is 1.97. The number of para-hydroxylation sites is 2. The zero-order valence-electron chi connectivity index (χ0n) is 12.3. The van der Waals surface area contributed by atoms with Gasteiger partial charge >= 0.3 is 0 Å². The summed E-state index contributed by atoms with van der Waals surface area (Å²) in [5, 5.41) is 2.79. The summed E-state index contributed by atoms with van der Waals surface area (Å²) in [5.74, 6) is 1.82. The molecule has 1 aliphatic heterocycles. The van der Waals surface area contributed by atoms with Crippen molar-refractivity contribution in [3.63, 3.8) is 0 Å². The standard InChI is InChI=1S/C17H15NO4/c1-20-12-7-11(8-13(10-12)21-2)9-16-17(19)18-14-5-3-4-6-15(14)22-16/h3-10H,1-2H3,(H,18,19)/b16-9+. The maximum Gasteiger partial charge on any atom is 0.291 e. The van der Waals surface area contributed by atoms with Crippen LogP contribution in [-0.2, 0) is 4.79 Å². The van der Waals surface area contributed by atoms with Crippen LogP contribution in [0.2, 0.25) is 0 Å². The lowest BCUT2D eigenvalue weighted by atomic mass is 10.1. The third-order valence-electron chi connectivity index (χ3n) is 3.25. The number of nitrogens with one attached hydrogen (secondary N) is 1. The third-order valence-corrected chi connectivity index (χ3v) is 3.25. The average Bonchev–Trinajstić information content (AvgIpc) is 2.55. The number of methoxy groups -OCH3 is 2. The molecule has 1 aliphatic rings. The van der Waals surface area contributed by atoms with Gasteiger partial charge in [-0.1, -0.05) is 12.1 Å². The molecule has 1 amide bonds. The van der Waals surface area contributed by atoms with E-state index < -0.39 is 0 Å². The van der Waals surface area contributed by atoms with E-state index in [1.165, 1.54) is 0 Å². The fraction of sp³-hybridized carbons (Fsp3) is 0.118. The highest BCUT2D eigenvalue weighted by atomic mass is 16.5. The van der Waals surface area contributed by atoms with Crippen molar-refractivity contribution >= 4 is 17.7 Å². The molecule has 5 nitrogen and oxygen atoms in total. The van der Waals surface area contributed by atoms with Crippen molar-refractivity contribution in [1.82, 2.24) is 0 Å². The number of benzene rings is 2. The number of amides is 1. The molecule has 112 valence electrons. The first-order valence-corrected chi connectivity index (χ1v) is 6.72. The van der Waals surface area contributed by atoms with Crippen LogP contribution in [0, 0.1) is 0 Å². The van der Waals surface area contributed by atoms with E-state index in [1.807, 2.05) is 12.1 Å². The Labute approximate surface area is 128 Å². The number of ether oxygens (including phenoxy) is 3. The molecule has 1 heterocycles.